The van der Waals surface area contributed by atoms with Crippen molar-refractivity contribution in [2.24, 2.45) is 17.8 Å². The number of rotatable bonds is 4. The molecule has 2 heterocycles. The fourth-order valence-corrected chi connectivity index (χ4v) is 3.42. The number of carbonyl (C=O) groups is 1. The molecular formula is C17H22N4O2. The van der Waals surface area contributed by atoms with Gasteiger partial charge in [0.25, 0.3) is 5.91 Å². The fraction of sp³-hybridized carbons (Fsp3) is 0.706. The highest BCUT2D eigenvalue weighted by Crippen LogP contribution is 2.46. The number of aromatic nitrogens is 3. The van der Waals surface area contributed by atoms with Crippen LogP contribution in [0.15, 0.2) is 0 Å². The first kappa shape index (κ1) is 14.7. The van der Waals surface area contributed by atoms with Crippen LogP contribution in [0.4, 0.5) is 0 Å². The van der Waals surface area contributed by atoms with Gasteiger partial charge in [-0.15, -0.1) is 0 Å². The zero-order chi connectivity index (χ0) is 15.8. The molecule has 6 heteroatoms. The molecule has 1 amide bonds. The highest BCUT2D eigenvalue weighted by atomic mass is 16.5. The number of hydrogen-bond acceptors (Lipinski definition) is 4. The summed E-state index contributed by atoms with van der Waals surface area (Å²) in [6.07, 6.45) is 4.80. The third-order valence-electron chi connectivity index (χ3n) is 5.00. The number of nitrogens with one attached hydrogen (secondary N) is 1. The van der Waals surface area contributed by atoms with Crippen molar-refractivity contribution in [1.82, 2.24) is 20.1 Å². The molecule has 2 saturated carbocycles. The van der Waals surface area contributed by atoms with E-state index in [1.165, 1.54) is 12.8 Å². The van der Waals surface area contributed by atoms with Crippen LogP contribution in [0.25, 0.3) is 0 Å². The summed E-state index contributed by atoms with van der Waals surface area (Å²) in [5.74, 6) is 9.29. The molecule has 1 saturated heterocycles. The minimum Gasteiger partial charge on any atom is -0.377 e. The van der Waals surface area contributed by atoms with Crippen LogP contribution < -0.4 is 0 Å². The average Bonchev–Trinajstić information content (AvgIpc) is 3.47. The van der Waals surface area contributed by atoms with Crippen molar-refractivity contribution in [2.45, 2.75) is 38.2 Å². The van der Waals surface area contributed by atoms with Gasteiger partial charge in [-0.25, -0.2) is 4.98 Å². The minimum atomic E-state index is -0.0299. The van der Waals surface area contributed by atoms with Gasteiger partial charge in [-0.05, 0) is 43.4 Å². The zero-order valence-electron chi connectivity index (χ0n) is 13.4. The molecule has 2 aliphatic carbocycles. The van der Waals surface area contributed by atoms with Crippen molar-refractivity contribution >= 4 is 5.91 Å². The van der Waals surface area contributed by atoms with Crippen LogP contribution in [0.5, 0.6) is 0 Å². The molecule has 0 bridgehead atoms. The summed E-state index contributed by atoms with van der Waals surface area (Å²) in [4.78, 5) is 18.8. The van der Waals surface area contributed by atoms with Gasteiger partial charge in [0.15, 0.2) is 11.6 Å². The predicted molar refractivity (Wildman–Crippen MR) is 83.1 cm³/mol. The molecule has 0 spiro atoms. The molecule has 4 rings (SSSR count). The number of aromatic amines is 1. The van der Waals surface area contributed by atoms with Crippen molar-refractivity contribution in [1.29, 1.82) is 0 Å². The Bertz CT molecular complexity index is 651. The Morgan fingerprint density at radius 3 is 2.87 bits per heavy atom. The Balaban J connectivity index is 1.48. The van der Waals surface area contributed by atoms with E-state index in [1.54, 1.807) is 7.11 Å². The lowest BCUT2D eigenvalue weighted by Gasteiger charge is -2.13. The second-order valence-corrected chi connectivity index (χ2v) is 6.93. The lowest BCUT2D eigenvalue weighted by molar-refractivity contribution is -0.124. The van der Waals surface area contributed by atoms with E-state index in [0.29, 0.717) is 30.9 Å². The predicted octanol–water partition coefficient (Wildman–Crippen LogP) is 1.32. The first-order chi connectivity index (χ1) is 11.2. The molecule has 1 aromatic heterocycles. The van der Waals surface area contributed by atoms with E-state index in [9.17, 15) is 4.79 Å². The van der Waals surface area contributed by atoms with Gasteiger partial charge in [0.1, 0.15) is 6.61 Å². The molecule has 0 aromatic carbocycles. The van der Waals surface area contributed by atoms with E-state index in [0.717, 1.165) is 31.0 Å². The van der Waals surface area contributed by atoms with E-state index in [2.05, 4.69) is 27.0 Å². The van der Waals surface area contributed by atoms with Gasteiger partial charge in [-0.1, -0.05) is 5.92 Å². The lowest BCUT2D eigenvalue weighted by Crippen LogP contribution is -2.27. The second kappa shape index (κ2) is 5.97. The maximum Gasteiger partial charge on any atom is 0.298 e. The maximum atomic E-state index is 12.3. The van der Waals surface area contributed by atoms with Crippen LogP contribution >= 0.6 is 0 Å². The van der Waals surface area contributed by atoms with Crippen molar-refractivity contribution in [3.8, 4) is 11.8 Å². The third kappa shape index (κ3) is 3.25. The van der Waals surface area contributed by atoms with Crippen LogP contribution in [0, 0.1) is 29.6 Å². The first-order valence-electron chi connectivity index (χ1n) is 8.45. The number of methoxy groups -OCH3 is 1. The van der Waals surface area contributed by atoms with Gasteiger partial charge in [0, 0.05) is 32.0 Å². The van der Waals surface area contributed by atoms with E-state index in [-0.39, 0.29) is 11.8 Å². The molecular weight excluding hydrogens is 292 g/mol. The fourth-order valence-electron chi connectivity index (χ4n) is 3.42. The molecule has 23 heavy (non-hydrogen) atoms. The summed E-state index contributed by atoms with van der Waals surface area (Å²) < 4.78 is 5.09. The van der Waals surface area contributed by atoms with Crippen LogP contribution in [0.2, 0.25) is 0 Å². The summed E-state index contributed by atoms with van der Waals surface area (Å²) >= 11 is 0. The van der Waals surface area contributed by atoms with E-state index >= 15 is 0 Å². The Morgan fingerprint density at radius 1 is 1.35 bits per heavy atom. The highest BCUT2D eigenvalue weighted by Gasteiger charge is 2.45. The van der Waals surface area contributed by atoms with Crippen LogP contribution in [0.3, 0.4) is 0 Å². The number of nitrogens with zero attached hydrogens (tertiary/aromatic N) is 3. The number of carbonyl (C=O) groups excluding carboxylic acids is 1. The van der Waals surface area contributed by atoms with Gasteiger partial charge in [-0.3, -0.25) is 9.89 Å². The molecule has 122 valence electrons. The van der Waals surface area contributed by atoms with Crippen LogP contribution in [-0.2, 0) is 16.1 Å². The molecule has 3 aliphatic rings. The summed E-state index contributed by atoms with van der Waals surface area (Å²) in [6.45, 7) is 1.91. The monoisotopic (exact) mass is 314 g/mol. The Kier molecular flexibility index (Phi) is 3.82. The highest BCUT2D eigenvalue weighted by molar-refractivity contribution is 5.93. The Hall–Kier alpha value is -1.87. The molecule has 1 aliphatic heterocycles. The molecule has 3 fully saturated rings. The lowest BCUT2D eigenvalue weighted by atomic mass is 9.91. The second-order valence-electron chi connectivity index (χ2n) is 6.93. The first-order valence-corrected chi connectivity index (χ1v) is 8.45. The summed E-state index contributed by atoms with van der Waals surface area (Å²) in [6, 6.07) is 0. The summed E-state index contributed by atoms with van der Waals surface area (Å²) in [5, 5.41) is 7.30. The molecule has 6 nitrogen and oxygen atoms in total. The van der Waals surface area contributed by atoms with Crippen molar-refractivity contribution in [3.63, 3.8) is 0 Å². The third-order valence-corrected chi connectivity index (χ3v) is 5.00. The molecule has 1 N–H and O–H groups in total. The molecule has 0 radical (unpaired) electrons. The minimum absolute atomic E-state index is 0.0299. The van der Waals surface area contributed by atoms with Crippen molar-refractivity contribution in [3.05, 3.63) is 11.6 Å². The topological polar surface area (TPSA) is 71.1 Å². The largest absolute Gasteiger partial charge is 0.377 e. The summed E-state index contributed by atoms with van der Waals surface area (Å²) in [7, 11) is 1.64. The molecule has 1 aromatic rings. The zero-order valence-corrected chi connectivity index (χ0v) is 13.4. The number of ether oxygens (including phenoxy) is 1. The van der Waals surface area contributed by atoms with Crippen LogP contribution in [0.1, 0.15) is 43.3 Å². The maximum absolute atomic E-state index is 12.3. The SMILES string of the molecule is COCc1nc([C@H]2CN(C(=O)C#CC3CC3)C[C@@H]2C2CC2)n[nH]1. The quantitative estimate of drug-likeness (QED) is 0.851. The number of likely N-dealkylation sites (tertiary alicyclic amines) is 1. The van der Waals surface area contributed by atoms with Crippen LogP contribution in [-0.4, -0.2) is 46.2 Å². The molecule has 2 atom stereocenters. The van der Waals surface area contributed by atoms with Crippen molar-refractivity contribution < 1.29 is 9.53 Å². The van der Waals surface area contributed by atoms with Gasteiger partial charge >= 0.3 is 0 Å². The summed E-state index contributed by atoms with van der Waals surface area (Å²) in [5.41, 5.74) is 0. The smallest absolute Gasteiger partial charge is 0.298 e. The van der Waals surface area contributed by atoms with E-state index in [1.807, 2.05) is 4.90 Å². The van der Waals surface area contributed by atoms with Gasteiger partial charge in [0.05, 0.1) is 0 Å². The van der Waals surface area contributed by atoms with Gasteiger partial charge in [0.2, 0.25) is 0 Å². The van der Waals surface area contributed by atoms with E-state index in [4.69, 9.17) is 4.74 Å². The number of H-pyrrole nitrogens is 1. The standard InChI is InChI=1S/C17H22N4O2/c1-23-10-15-18-17(20-19-15)14-9-21(8-13(14)12-5-6-12)16(22)7-4-11-2-3-11/h11-14H,2-3,5-6,8-10H2,1H3,(H,18,19,20)/t13-,14+/m1/s1. The molecule has 0 unspecified atom stereocenters. The number of amides is 1. The average molecular weight is 314 g/mol. The van der Waals surface area contributed by atoms with Crippen molar-refractivity contribution in [2.75, 3.05) is 20.2 Å². The normalized spacial score (nSPS) is 26.9. The van der Waals surface area contributed by atoms with Gasteiger partial charge in [-0.2, -0.15) is 5.10 Å². The Labute approximate surface area is 136 Å². The van der Waals surface area contributed by atoms with E-state index < -0.39 is 0 Å². The number of hydrogen-bond donors (Lipinski definition) is 1. The van der Waals surface area contributed by atoms with Gasteiger partial charge < -0.3 is 9.64 Å². The Morgan fingerprint density at radius 2 is 2.17 bits per heavy atom.